The second-order valence-corrected chi connectivity index (χ2v) is 5.74. The fraction of sp³-hybridized carbons (Fsp3) is 0.188. The molecule has 116 valence electrons. The molecule has 0 saturated carbocycles. The summed E-state index contributed by atoms with van der Waals surface area (Å²) in [5.74, 6) is -0.827. The van der Waals surface area contributed by atoms with Crippen molar-refractivity contribution in [3.63, 3.8) is 0 Å². The van der Waals surface area contributed by atoms with Crippen molar-refractivity contribution >= 4 is 33.2 Å². The van der Waals surface area contributed by atoms with Crippen LogP contribution in [-0.4, -0.2) is 26.6 Å². The van der Waals surface area contributed by atoms with E-state index in [0.29, 0.717) is 10.2 Å². The summed E-state index contributed by atoms with van der Waals surface area (Å²) in [5.41, 5.74) is 1.56. The number of hydrogen-bond acceptors (Lipinski definition) is 3. The van der Waals surface area contributed by atoms with Gasteiger partial charge in [-0.1, -0.05) is 28.1 Å². The molecular weight excluding hydrogens is 351 g/mol. The minimum Gasteiger partial charge on any atom is -0.481 e. The zero-order chi connectivity index (χ0) is 16.1. The van der Waals surface area contributed by atoms with Crippen LogP contribution >= 0.6 is 15.9 Å². The van der Waals surface area contributed by atoms with Crippen molar-refractivity contribution in [2.24, 2.45) is 0 Å². The van der Waals surface area contributed by atoms with Gasteiger partial charge in [-0.2, -0.15) is 0 Å². The lowest BCUT2D eigenvalue weighted by Gasteiger charge is -2.17. The second-order valence-electron chi connectivity index (χ2n) is 4.82. The van der Waals surface area contributed by atoms with E-state index in [4.69, 9.17) is 4.74 Å². The molecule has 6 heteroatoms. The number of carbonyl (C=O) groups excluding carboxylic acids is 1. The molecule has 0 aliphatic heterocycles. The van der Waals surface area contributed by atoms with Gasteiger partial charge in [0.05, 0.1) is 11.4 Å². The standard InChI is InChI=1S/C16H16BrFN2O2/c1-20(2)14-6-4-3-5-13(14)19-16(21)10-22-15-8-7-11(17)9-12(15)18/h3-9H,10H2,1-2H3,(H,19,21). The molecule has 0 aliphatic carbocycles. The van der Waals surface area contributed by atoms with E-state index in [-0.39, 0.29) is 18.3 Å². The maximum Gasteiger partial charge on any atom is 0.262 e. The summed E-state index contributed by atoms with van der Waals surface area (Å²) in [5, 5.41) is 2.76. The molecule has 0 unspecified atom stereocenters. The van der Waals surface area contributed by atoms with E-state index in [1.54, 1.807) is 12.1 Å². The zero-order valence-corrected chi connectivity index (χ0v) is 13.9. The normalized spacial score (nSPS) is 10.2. The van der Waals surface area contributed by atoms with E-state index >= 15 is 0 Å². The van der Waals surface area contributed by atoms with Gasteiger partial charge in [-0.3, -0.25) is 4.79 Å². The number of benzene rings is 2. The fourth-order valence-corrected chi connectivity index (χ4v) is 2.22. The Hall–Kier alpha value is -2.08. The molecule has 2 aromatic carbocycles. The first kappa shape index (κ1) is 16.3. The summed E-state index contributed by atoms with van der Waals surface area (Å²) >= 11 is 3.16. The molecule has 0 aliphatic rings. The third-order valence-corrected chi connectivity index (χ3v) is 3.41. The van der Waals surface area contributed by atoms with Crippen LogP contribution in [0.3, 0.4) is 0 Å². The van der Waals surface area contributed by atoms with E-state index in [9.17, 15) is 9.18 Å². The fourth-order valence-electron chi connectivity index (χ4n) is 1.89. The number of para-hydroxylation sites is 2. The van der Waals surface area contributed by atoms with Gasteiger partial charge in [-0.15, -0.1) is 0 Å². The Bertz CT molecular complexity index is 677. The molecule has 1 amide bonds. The van der Waals surface area contributed by atoms with Gasteiger partial charge in [0, 0.05) is 18.6 Å². The SMILES string of the molecule is CN(C)c1ccccc1NC(=O)COc1ccc(Br)cc1F. The number of halogens is 2. The summed E-state index contributed by atoms with van der Waals surface area (Å²) < 4.78 is 19.4. The van der Waals surface area contributed by atoms with Gasteiger partial charge >= 0.3 is 0 Å². The first-order valence-corrected chi connectivity index (χ1v) is 7.40. The number of anilines is 2. The number of amides is 1. The highest BCUT2D eigenvalue weighted by Gasteiger charge is 2.10. The summed E-state index contributed by atoms with van der Waals surface area (Å²) in [6.45, 7) is -0.264. The Morgan fingerprint density at radius 3 is 2.68 bits per heavy atom. The monoisotopic (exact) mass is 366 g/mol. The molecule has 4 nitrogen and oxygen atoms in total. The molecule has 2 rings (SSSR count). The average molecular weight is 367 g/mol. The number of hydrogen-bond donors (Lipinski definition) is 1. The van der Waals surface area contributed by atoms with Crippen molar-refractivity contribution in [3.05, 3.63) is 52.8 Å². The molecule has 0 radical (unpaired) electrons. The molecule has 0 heterocycles. The molecular formula is C16H16BrFN2O2. The van der Waals surface area contributed by atoms with Crippen molar-refractivity contribution in [1.29, 1.82) is 0 Å². The van der Waals surface area contributed by atoms with E-state index in [1.807, 2.05) is 37.2 Å². The molecule has 0 spiro atoms. The van der Waals surface area contributed by atoms with Gasteiger partial charge in [0.2, 0.25) is 0 Å². The molecule has 1 N–H and O–H groups in total. The lowest BCUT2D eigenvalue weighted by atomic mass is 10.2. The van der Waals surface area contributed by atoms with Crippen molar-refractivity contribution in [2.75, 3.05) is 30.9 Å². The average Bonchev–Trinajstić information content (AvgIpc) is 2.46. The van der Waals surface area contributed by atoms with E-state index in [2.05, 4.69) is 21.2 Å². The lowest BCUT2D eigenvalue weighted by molar-refractivity contribution is -0.118. The number of nitrogens with one attached hydrogen (secondary N) is 1. The third kappa shape index (κ3) is 4.21. The number of rotatable bonds is 5. The van der Waals surface area contributed by atoms with Gasteiger partial charge in [0.25, 0.3) is 5.91 Å². The van der Waals surface area contributed by atoms with Crippen molar-refractivity contribution < 1.29 is 13.9 Å². The first-order valence-electron chi connectivity index (χ1n) is 6.61. The molecule has 2 aromatic rings. The molecule has 0 atom stereocenters. The van der Waals surface area contributed by atoms with Crippen LogP contribution in [0.15, 0.2) is 46.9 Å². The van der Waals surface area contributed by atoms with Crippen LogP contribution in [0, 0.1) is 5.82 Å². The van der Waals surface area contributed by atoms with E-state index in [1.165, 1.54) is 12.1 Å². The molecule has 0 aromatic heterocycles. The topological polar surface area (TPSA) is 41.6 Å². The van der Waals surface area contributed by atoms with Gasteiger partial charge < -0.3 is 15.0 Å². The minimum atomic E-state index is -0.518. The Balaban J connectivity index is 1.99. The number of carbonyl (C=O) groups is 1. The van der Waals surface area contributed by atoms with Crippen LogP contribution in [0.2, 0.25) is 0 Å². The Labute approximate surface area is 137 Å². The molecule has 0 bridgehead atoms. The highest BCUT2D eigenvalue weighted by Crippen LogP contribution is 2.24. The van der Waals surface area contributed by atoms with Crippen molar-refractivity contribution in [1.82, 2.24) is 0 Å². The van der Waals surface area contributed by atoms with Crippen LogP contribution in [0.5, 0.6) is 5.75 Å². The molecule has 0 fully saturated rings. The van der Waals surface area contributed by atoms with Crippen LogP contribution in [0.4, 0.5) is 15.8 Å². The van der Waals surface area contributed by atoms with Crippen LogP contribution in [0.1, 0.15) is 0 Å². The quantitative estimate of drug-likeness (QED) is 0.877. The lowest BCUT2D eigenvalue weighted by Crippen LogP contribution is -2.22. The maximum absolute atomic E-state index is 13.6. The summed E-state index contributed by atoms with van der Waals surface area (Å²) in [6.07, 6.45) is 0. The smallest absolute Gasteiger partial charge is 0.262 e. The highest BCUT2D eigenvalue weighted by atomic mass is 79.9. The van der Waals surface area contributed by atoms with Gasteiger partial charge in [-0.05, 0) is 30.3 Å². The van der Waals surface area contributed by atoms with Gasteiger partial charge in [0.1, 0.15) is 0 Å². The van der Waals surface area contributed by atoms with Crippen LogP contribution < -0.4 is 15.0 Å². The van der Waals surface area contributed by atoms with E-state index in [0.717, 1.165) is 5.69 Å². The van der Waals surface area contributed by atoms with Crippen LogP contribution in [0.25, 0.3) is 0 Å². The van der Waals surface area contributed by atoms with Crippen LogP contribution in [-0.2, 0) is 4.79 Å². The number of ether oxygens (including phenoxy) is 1. The minimum absolute atomic E-state index is 0.0410. The predicted octanol–water partition coefficient (Wildman–Crippen LogP) is 3.67. The number of nitrogens with zero attached hydrogens (tertiary/aromatic N) is 1. The molecule has 0 saturated heterocycles. The van der Waals surface area contributed by atoms with Crippen molar-refractivity contribution in [2.45, 2.75) is 0 Å². The largest absolute Gasteiger partial charge is 0.481 e. The summed E-state index contributed by atoms with van der Waals surface area (Å²) in [6, 6.07) is 11.8. The second kappa shape index (κ2) is 7.26. The first-order chi connectivity index (χ1) is 10.5. The molecule has 22 heavy (non-hydrogen) atoms. The van der Waals surface area contributed by atoms with Crippen molar-refractivity contribution in [3.8, 4) is 5.75 Å². The van der Waals surface area contributed by atoms with Gasteiger partial charge in [-0.25, -0.2) is 4.39 Å². The zero-order valence-electron chi connectivity index (χ0n) is 12.3. The highest BCUT2D eigenvalue weighted by molar-refractivity contribution is 9.10. The summed E-state index contributed by atoms with van der Waals surface area (Å²) in [7, 11) is 3.78. The Kier molecular flexibility index (Phi) is 5.38. The third-order valence-electron chi connectivity index (χ3n) is 2.91. The maximum atomic E-state index is 13.6. The predicted molar refractivity (Wildman–Crippen MR) is 89.0 cm³/mol. The Morgan fingerprint density at radius 2 is 2.00 bits per heavy atom. The van der Waals surface area contributed by atoms with E-state index < -0.39 is 5.82 Å². The van der Waals surface area contributed by atoms with Gasteiger partial charge in [0.15, 0.2) is 18.2 Å². The Morgan fingerprint density at radius 1 is 1.27 bits per heavy atom. The summed E-state index contributed by atoms with van der Waals surface area (Å²) in [4.78, 5) is 13.8.